The first-order valence-corrected chi connectivity index (χ1v) is 8.39. The predicted octanol–water partition coefficient (Wildman–Crippen LogP) is 4.83. The van der Waals surface area contributed by atoms with Gasteiger partial charge in [-0.15, -0.1) is 0 Å². The summed E-state index contributed by atoms with van der Waals surface area (Å²) in [6.45, 7) is 1.89. The molecule has 0 saturated carbocycles. The number of benzene rings is 1. The van der Waals surface area contributed by atoms with Gasteiger partial charge in [0.1, 0.15) is 11.5 Å². The van der Waals surface area contributed by atoms with Crippen molar-refractivity contribution in [2.75, 3.05) is 0 Å². The molecule has 6 nitrogen and oxygen atoms in total. The van der Waals surface area contributed by atoms with Gasteiger partial charge in [0.15, 0.2) is 5.82 Å². The van der Waals surface area contributed by atoms with E-state index in [-0.39, 0.29) is 0 Å². The van der Waals surface area contributed by atoms with Gasteiger partial charge < -0.3 is 9.47 Å². The van der Waals surface area contributed by atoms with E-state index in [0.29, 0.717) is 23.3 Å². The average Bonchev–Trinajstić information content (AvgIpc) is 2.71. The molecule has 0 atom stereocenters. The number of hydrogen-bond donors (Lipinski definition) is 0. The Labute approximate surface area is 156 Å². The number of rotatable bonds is 5. The van der Waals surface area contributed by atoms with E-state index in [1.807, 2.05) is 49.4 Å². The van der Waals surface area contributed by atoms with Crippen LogP contribution in [0.4, 0.5) is 0 Å². The first kappa shape index (κ1) is 16.7. The Morgan fingerprint density at radius 2 is 1.59 bits per heavy atom. The third-order valence-corrected chi connectivity index (χ3v) is 3.65. The quantitative estimate of drug-likeness (QED) is 0.510. The van der Waals surface area contributed by atoms with Crippen LogP contribution in [-0.2, 0) is 0 Å². The summed E-state index contributed by atoms with van der Waals surface area (Å²) in [6, 6.07) is 18.5. The minimum Gasteiger partial charge on any atom is -0.439 e. The molecule has 4 aromatic rings. The number of ether oxygens (including phenoxy) is 2. The van der Waals surface area contributed by atoms with Crippen LogP contribution in [0.2, 0.25) is 0 Å². The second kappa shape index (κ2) is 7.61. The van der Waals surface area contributed by atoms with E-state index in [2.05, 4.69) is 19.9 Å². The fourth-order valence-electron chi connectivity index (χ4n) is 2.43. The van der Waals surface area contributed by atoms with Gasteiger partial charge in [-0.25, -0.2) is 9.97 Å². The maximum Gasteiger partial charge on any atom is 0.223 e. The van der Waals surface area contributed by atoms with Crippen molar-refractivity contribution in [1.82, 2.24) is 19.9 Å². The Morgan fingerprint density at radius 3 is 2.33 bits per heavy atom. The predicted molar refractivity (Wildman–Crippen MR) is 101 cm³/mol. The summed E-state index contributed by atoms with van der Waals surface area (Å²) in [4.78, 5) is 17.3. The van der Waals surface area contributed by atoms with E-state index >= 15 is 0 Å². The topological polar surface area (TPSA) is 70.0 Å². The Balaban J connectivity index is 1.51. The van der Waals surface area contributed by atoms with Crippen LogP contribution in [0.15, 0.2) is 79.3 Å². The second-order valence-electron chi connectivity index (χ2n) is 5.76. The molecule has 0 N–H and O–H groups in total. The van der Waals surface area contributed by atoms with E-state index in [0.717, 1.165) is 17.0 Å². The van der Waals surface area contributed by atoms with Crippen LogP contribution < -0.4 is 9.47 Å². The molecule has 0 radical (unpaired) electrons. The third-order valence-electron chi connectivity index (χ3n) is 3.65. The van der Waals surface area contributed by atoms with Crippen LogP contribution in [-0.4, -0.2) is 19.9 Å². The molecular weight excluding hydrogens is 340 g/mol. The number of aromatic nitrogens is 4. The maximum atomic E-state index is 5.84. The Kier molecular flexibility index (Phi) is 4.70. The molecule has 27 heavy (non-hydrogen) atoms. The van der Waals surface area contributed by atoms with E-state index in [1.165, 1.54) is 0 Å². The molecule has 3 heterocycles. The van der Waals surface area contributed by atoms with Crippen molar-refractivity contribution in [3.63, 3.8) is 0 Å². The molecule has 0 aliphatic heterocycles. The highest BCUT2D eigenvalue weighted by Gasteiger charge is 2.08. The van der Waals surface area contributed by atoms with Crippen LogP contribution in [0.25, 0.3) is 11.4 Å². The Hall–Kier alpha value is -3.80. The molecule has 3 aromatic heterocycles. The standard InChI is InChI=1S/C21H16N4O2/c1-15-12-20(25-21(24-15)16-6-5-11-22-13-16)27-18-9-10-19(23-14-18)26-17-7-3-2-4-8-17/h2-14H,1H3. The van der Waals surface area contributed by atoms with Crippen molar-refractivity contribution in [3.05, 3.63) is 84.9 Å². The summed E-state index contributed by atoms with van der Waals surface area (Å²) in [6.07, 6.45) is 5.02. The van der Waals surface area contributed by atoms with Crippen molar-refractivity contribution in [2.45, 2.75) is 6.92 Å². The van der Waals surface area contributed by atoms with E-state index in [4.69, 9.17) is 9.47 Å². The lowest BCUT2D eigenvalue weighted by molar-refractivity contribution is 0.443. The van der Waals surface area contributed by atoms with Gasteiger partial charge in [0, 0.05) is 35.8 Å². The Morgan fingerprint density at radius 1 is 0.741 bits per heavy atom. The van der Waals surface area contributed by atoms with Crippen molar-refractivity contribution < 1.29 is 9.47 Å². The van der Waals surface area contributed by atoms with E-state index < -0.39 is 0 Å². The van der Waals surface area contributed by atoms with Crippen molar-refractivity contribution in [3.8, 4) is 34.6 Å². The van der Waals surface area contributed by atoms with Gasteiger partial charge in [0.25, 0.3) is 0 Å². The van der Waals surface area contributed by atoms with Crippen LogP contribution in [0, 0.1) is 6.92 Å². The minimum atomic E-state index is 0.444. The largest absolute Gasteiger partial charge is 0.439 e. The zero-order valence-corrected chi connectivity index (χ0v) is 14.6. The molecule has 1 aromatic carbocycles. The van der Waals surface area contributed by atoms with Crippen LogP contribution >= 0.6 is 0 Å². The monoisotopic (exact) mass is 356 g/mol. The fourth-order valence-corrected chi connectivity index (χ4v) is 2.43. The molecule has 0 aliphatic carbocycles. The van der Waals surface area contributed by atoms with Crippen LogP contribution in [0.5, 0.6) is 23.3 Å². The molecule has 4 rings (SSSR count). The van der Waals surface area contributed by atoms with Gasteiger partial charge in [-0.1, -0.05) is 18.2 Å². The first-order valence-electron chi connectivity index (χ1n) is 8.39. The first-order chi connectivity index (χ1) is 13.3. The van der Waals surface area contributed by atoms with Crippen molar-refractivity contribution in [1.29, 1.82) is 0 Å². The highest BCUT2D eigenvalue weighted by molar-refractivity contribution is 5.54. The van der Waals surface area contributed by atoms with Gasteiger partial charge in [0.2, 0.25) is 11.8 Å². The molecule has 0 bridgehead atoms. The smallest absolute Gasteiger partial charge is 0.223 e. The summed E-state index contributed by atoms with van der Waals surface area (Å²) >= 11 is 0. The van der Waals surface area contributed by atoms with Gasteiger partial charge in [-0.2, -0.15) is 4.98 Å². The summed E-state index contributed by atoms with van der Waals surface area (Å²) in [5.74, 6) is 2.79. The number of nitrogens with zero attached hydrogens (tertiary/aromatic N) is 4. The van der Waals surface area contributed by atoms with Gasteiger partial charge >= 0.3 is 0 Å². The van der Waals surface area contributed by atoms with Crippen molar-refractivity contribution in [2.24, 2.45) is 0 Å². The highest BCUT2D eigenvalue weighted by Crippen LogP contribution is 2.25. The van der Waals surface area contributed by atoms with E-state index in [9.17, 15) is 0 Å². The van der Waals surface area contributed by atoms with Gasteiger partial charge in [-0.3, -0.25) is 4.98 Å². The number of aryl methyl sites for hydroxylation is 1. The summed E-state index contributed by atoms with van der Waals surface area (Å²) in [5.41, 5.74) is 1.63. The maximum absolute atomic E-state index is 5.84. The summed E-state index contributed by atoms with van der Waals surface area (Å²) in [5, 5.41) is 0. The third kappa shape index (κ3) is 4.24. The van der Waals surface area contributed by atoms with Crippen molar-refractivity contribution >= 4 is 0 Å². The molecule has 0 unspecified atom stereocenters. The lowest BCUT2D eigenvalue weighted by Gasteiger charge is -2.08. The number of pyridine rings is 2. The molecule has 0 fully saturated rings. The summed E-state index contributed by atoms with van der Waals surface area (Å²) < 4.78 is 11.5. The molecule has 6 heteroatoms. The molecule has 132 valence electrons. The number of para-hydroxylation sites is 1. The molecular formula is C21H16N4O2. The second-order valence-corrected chi connectivity index (χ2v) is 5.76. The highest BCUT2D eigenvalue weighted by atomic mass is 16.5. The van der Waals surface area contributed by atoms with E-state index in [1.54, 1.807) is 36.8 Å². The zero-order chi connectivity index (χ0) is 18.5. The fraction of sp³-hybridized carbons (Fsp3) is 0.0476. The lowest BCUT2D eigenvalue weighted by atomic mass is 10.2. The molecule has 0 aliphatic rings. The average molecular weight is 356 g/mol. The SMILES string of the molecule is Cc1cc(Oc2ccc(Oc3ccccc3)nc2)nc(-c2cccnc2)n1. The molecule has 0 amide bonds. The van der Waals surface area contributed by atoms with Crippen LogP contribution in [0.3, 0.4) is 0 Å². The molecule has 0 saturated heterocycles. The minimum absolute atomic E-state index is 0.444. The van der Waals surface area contributed by atoms with Gasteiger partial charge in [0.05, 0.1) is 6.20 Å². The lowest BCUT2D eigenvalue weighted by Crippen LogP contribution is -1.96. The van der Waals surface area contributed by atoms with Crippen LogP contribution in [0.1, 0.15) is 5.69 Å². The summed E-state index contributed by atoms with van der Waals surface area (Å²) in [7, 11) is 0. The number of hydrogen-bond acceptors (Lipinski definition) is 6. The molecule has 0 spiro atoms. The Bertz CT molecular complexity index is 1020. The van der Waals surface area contributed by atoms with Gasteiger partial charge in [-0.05, 0) is 37.3 Å². The zero-order valence-electron chi connectivity index (χ0n) is 14.6. The normalized spacial score (nSPS) is 10.4.